The minimum absolute atomic E-state index is 0.00695. The van der Waals surface area contributed by atoms with Gasteiger partial charge in [-0.3, -0.25) is 0 Å². The molecule has 2 heteroatoms. The van der Waals surface area contributed by atoms with Gasteiger partial charge in [-0.15, -0.1) is 0 Å². The summed E-state index contributed by atoms with van der Waals surface area (Å²) in [6.07, 6.45) is 5.65. The zero-order chi connectivity index (χ0) is 24.4. The van der Waals surface area contributed by atoms with Gasteiger partial charge in [0.25, 0.3) is 0 Å². The van der Waals surface area contributed by atoms with Gasteiger partial charge in [0.2, 0.25) is 0 Å². The van der Waals surface area contributed by atoms with E-state index in [4.69, 9.17) is 0 Å². The highest BCUT2D eigenvalue weighted by atomic mass is 15.2. The zero-order valence-corrected chi connectivity index (χ0v) is 21.1. The first-order valence-corrected chi connectivity index (χ1v) is 12.9. The van der Waals surface area contributed by atoms with E-state index in [0.29, 0.717) is 5.92 Å². The van der Waals surface area contributed by atoms with Gasteiger partial charge in [0.1, 0.15) is 0 Å². The van der Waals surface area contributed by atoms with Crippen molar-refractivity contribution >= 4 is 17.1 Å². The highest BCUT2D eigenvalue weighted by Gasteiger charge is 2.39. The van der Waals surface area contributed by atoms with Crippen LogP contribution in [0.3, 0.4) is 0 Å². The average molecular weight is 467 g/mol. The maximum absolute atomic E-state index is 2.50. The molecule has 0 N–H and O–H groups in total. The van der Waals surface area contributed by atoms with Crippen LogP contribution in [0, 0.1) is 0 Å². The van der Waals surface area contributed by atoms with Crippen molar-refractivity contribution in [1.82, 2.24) is 0 Å². The number of para-hydroxylation sites is 2. The summed E-state index contributed by atoms with van der Waals surface area (Å²) in [6, 6.07) is 35.5. The molecule has 36 heavy (non-hydrogen) atoms. The first-order chi connectivity index (χ1) is 17.5. The molecule has 176 valence electrons. The lowest BCUT2D eigenvalue weighted by Crippen LogP contribution is -2.22. The van der Waals surface area contributed by atoms with Crippen molar-refractivity contribution in [1.29, 1.82) is 0 Å². The van der Waals surface area contributed by atoms with Crippen molar-refractivity contribution in [3.05, 3.63) is 137 Å². The monoisotopic (exact) mass is 466 g/mol. The van der Waals surface area contributed by atoms with E-state index in [9.17, 15) is 0 Å². The Morgan fingerprint density at radius 1 is 0.750 bits per heavy atom. The summed E-state index contributed by atoms with van der Waals surface area (Å²) in [5.74, 6) is 0.353. The number of allylic oxidation sites excluding steroid dienone is 4. The summed E-state index contributed by atoms with van der Waals surface area (Å²) in [4.78, 5) is 4.82. The van der Waals surface area contributed by atoms with Crippen molar-refractivity contribution in [2.45, 2.75) is 31.6 Å². The van der Waals surface area contributed by atoms with Gasteiger partial charge in [-0.1, -0.05) is 80.6 Å². The fourth-order valence-corrected chi connectivity index (χ4v) is 6.49. The summed E-state index contributed by atoms with van der Waals surface area (Å²) in [6.45, 7) is 4.72. The Morgan fingerprint density at radius 2 is 1.47 bits per heavy atom. The molecule has 0 saturated heterocycles. The first kappa shape index (κ1) is 21.3. The van der Waals surface area contributed by atoms with Gasteiger partial charge in [-0.2, -0.15) is 0 Å². The second-order valence-corrected chi connectivity index (χ2v) is 10.7. The van der Waals surface area contributed by atoms with Gasteiger partial charge < -0.3 is 9.80 Å². The normalized spacial score (nSPS) is 18.5. The molecule has 1 atom stereocenters. The molecule has 4 aromatic rings. The summed E-state index contributed by atoms with van der Waals surface area (Å²) in [7, 11) is 2.18. The first-order valence-electron chi connectivity index (χ1n) is 12.9. The van der Waals surface area contributed by atoms with E-state index >= 15 is 0 Å². The third kappa shape index (κ3) is 2.97. The molecule has 0 amide bonds. The predicted octanol–water partition coefficient (Wildman–Crippen LogP) is 8.54. The molecule has 0 bridgehead atoms. The standard InChI is InChI=1S/C34H30N2/c1-34(2)30-15-9-7-13-26(30)27-19-17-25(22-31(27)34)36-32-16-10-8-14-28(32)29-21-24(18-20-33(29)36)35(3)23-11-5-4-6-12-23/h4-20,22,29H,21H2,1-3H3. The van der Waals surface area contributed by atoms with Gasteiger partial charge >= 0.3 is 0 Å². The Kier molecular flexibility index (Phi) is 4.56. The predicted molar refractivity (Wildman–Crippen MR) is 151 cm³/mol. The molecule has 1 aliphatic heterocycles. The topological polar surface area (TPSA) is 6.48 Å². The Hall–Kier alpha value is -4.04. The van der Waals surface area contributed by atoms with E-state index in [-0.39, 0.29) is 5.41 Å². The lowest BCUT2D eigenvalue weighted by molar-refractivity contribution is 0.660. The summed E-state index contributed by atoms with van der Waals surface area (Å²) >= 11 is 0. The minimum Gasteiger partial charge on any atom is -0.348 e. The van der Waals surface area contributed by atoms with Crippen LogP contribution in [-0.2, 0) is 5.41 Å². The Balaban J connectivity index is 1.33. The molecule has 2 nitrogen and oxygen atoms in total. The molecule has 2 aliphatic carbocycles. The van der Waals surface area contributed by atoms with Gasteiger partial charge in [0, 0.05) is 53.3 Å². The second-order valence-electron chi connectivity index (χ2n) is 10.7. The van der Waals surface area contributed by atoms with Crippen molar-refractivity contribution in [2.24, 2.45) is 0 Å². The van der Waals surface area contributed by atoms with Crippen LogP contribution in [0.25, 0.3) is 11.1 Å². The number of nitrogens with zero attached hydrogens (tertiary/aromatic N) is 2. The maximum atomic E-state index is 2.50. The molecule has 0 saturated carbocycles. The smallest absolute Gasteiger partial charge is 0.0497 e. The van der Waals surface area contributed by atoms with Crippen LogP contribution in [0.1, 0.15) is 42.9 Å². The van der Waals surface area contributed by atoms with E-state index in [1.807, 2.05) is 0 Å². The SMILES string of the molecule is CN(C1=CC=C2C(C1)c1ccccc1N2c1ccc2c(c1)C(C)(C)c1ccccc1-2)c1ccccc1. The second kappa shape index (κ2) is 7.73. The Bertz CT molecular complexity index is 1560. The molecule has 4 aromatic carbocycles. The van der Waals surface area contributed by atoms with Crippen LogP contribution in [0.4, 0.5) is 17.1 Å². The molecule has 7 rings (SSSR count). The molecule has 3 aliphatic rings. The van der Waals surface area contributed by atoms with Gasteiger partial charge in [0.15, 0.2) is 0 Å². The molecule has 0 spiro atoms. The Labute approximate surface area is 213 Å². The maximum Gasteiger partial charge on any atom is 0.0497 e. The fraction of sp³-hybridized carbons (Fsp3) is 0.176. The lowest BCUT2D eigenvalue weighted by Gasteiger charge is -2.31. The highest BCUT2D eigenvalue weighted by molar-refractivity contribution is 5.86. The van der Waals surface area contributed by atoms with Crippen LogP contribution in [0.5, 0.6) is 0 Å². The van der Waals surface area contributed by atoms with Gasteiger partial charge in [-0.25, -0.2) is 0 Å². The average Bonchev–Trinajstić information content (AvgIpc) is 3.37. The van der Waals surface area contributed by atoms with E-state index < -0.39 is 0 Å². The molecule has 1 heterocycles. The number of hydrogen-bond acceptors (Lipinski definition) is 2. The molecule has 0 aromatic heterocycles. The van der Waals surface area contributed by atoms with Gasteiger partial charge in [-0.05, 0) is 70.3 Å². The number of hydrogen-bond donors (Lipinski definition) is 0. The van der Waals surface area contributed by atoms with Crippen LogP contribution in [0.2, 0.25) is 0 Å². The van der Waals surface area contributed by atoms with E-state index in [1.165, 1.54) is 56.3 Å². The van der Waals surface area contributed by atoms with Crippen LogP contribution in [-0.4, -0.2) is 7.05 Å². The minimum atomic E-state index is -0.00695. The van der Waals surface area contributed by atoms with Crippen LogP contribution in [0.15, 0.2) is 121 Å². The zero-order valence-electron chi connectivity index (χ0n) is 21.1. The highest BCUT2D eigenvalue weighted by Crippen LogP contribution is 2.54. The molecule has 0 radical (unpaired) electrons. The molecule has 0 fully saturated rings. The third-order valence-electron chi connectivity index (χ3n) is 8.43. The van der Waals surface area contributed by atoms with Crippen molar-refractivity contribution < 1.29 is 0 Å². The van der Waals surface area contributed by atoms with Crippen LogP contribution >= 0.6 is 0 Å². The number of benzene rings is 4. The van der Waals surface area contributed by atoms with Crippen LogP contribution < -0.4 is 9.80 Å². The fourth-order valence-electron chi connectivity index (χ4n) is 6.49. The Morgan fingerprint density at radius 3 is 2.33 bits per heavy atom. The number of fused-ring (bicyclic) bond motifs is 6. The largest absolute Gasteiger partial charge is 0.348 e. The summed E-state index contributed by atoms with van der Waals surface area (Å²) in [5, 5.41) is 0. The van der Waals surface area contributed by atoms with Gasteiger partial charge in [0.05, 0.1) is 0 Å². The quantitative estimate of drug-likeness (QED) is 0.298. The lowest BCUT2D eigenvalue weighted by atomic mass is 9.82. The number of rotatable bonds is 3. The number of anilines is 3. The molecular formula is C34H30N2. The summed E-state index contributed by atoms with van der Waals surface area (Å²) in [5.41, 5.74) is 13.5. The molecule has 1 unspecified atom stereocenters. The molecular weight excluding hydrogens is 436 g/mol. The third-order valence-corrected chi connectivity index (χ3v) is 8.43. The van der Waals surface area contributed by atoms with E-state index in [2.05, 4.69) is 140 Å². The van der Waals surface area contributed by atoms with E-state index in [0.717, 1.165) is 6.42 Å². The van der Waals surface area contributed by atoms with Crippen molar-refractivity contribution in [3.8, 4) is 11.1 Å². The van der Waals surface area contributed by atoms with Crippen molar-refractivity contribution in [2.75, 3.05) is 16.8 Å². The summed E-state index contributed by atoms with van der Waals surface area (Å²) < 4.78 is 0. The van der Waals surface area contributed by atoms with Crippen molar-refractivity contribution in [3.63, 3.8) is 0 Å². The van der Waals surface area contributed by atoms with E-state index in [1.54, 1.807) is 0 Å².